The van der Waals surface area contributed by atoms with Gasteiger partial charge in [0.05, 0.1) is 25.5 Å². The molecule has 8 heteroatoms. The Labute approximate surface area is 113 Å². The van der Waals surface area contributed by atoms with Gasteiger partial charge in [-0.25, -0.2) is 8.42 Å². The summed E-state index contributed by atoms with van der Waals surface area (Å²) >= 11 is 0. The zero-order chi connectivity index (χ0) is 14.3. The van der Waals surface area contributed by atoms with E-state index in [1.165, 1.54) is 11.4 Å². The second-order valence-corrected chi connectivity index (χ2v) is 6.42. The Kier molecular flexibility index (Phi) is 6.21. The van der Waals surface area contributed by atoms with Crippen molar-refractivity contribution in [3.8, 4) is 6.07 Å². The summed E-state index contributed by atoms with van der Waals surface area (Å²) in [5.41, 5.74) is 0. The first-order valence-electron chi connectivity index (χ1n) is 6.13. The van der Waals surface area contributed by atoms with E-state index < -0.39 is 16.0 Å². The van der Waals surface area contributed by atoms with E-state index in [9.17, 15) is 13.2 Å². The molecule has 0 amide bonds. The molecule has 0 saturated carbocycles. The standard InChI is InChI=1S/C11H19N3O4S/c1-18-11(15)3-2-10-19(16,17)14-8-6-13(5-4-12)7-9-14/h2-3,5-10H2,1H3. The highest BCUT2D eigenvalue weighted by Gasteiger charge is 2.26. The maximum Gasteiger partial charge on any atom is 0.305 e. The SMILES string of the molecule is COC(=O)CCCS(=O)(=O)N1CCN(CC#N)CC1. The largest absolute Gasteiger partial charge is 0.469 e. The molecule has 0 aliphatic carbocycles. The highest BCUT2D eigenvalue weighted by atomic mass is 32.2. The monoisotopic (exact) mass is 289 g/mol. The van der Waals surface area contributed by atoms with E-state index in [0.717, 1.165) is 0 Å². The van der Waals surface area contributed by atoms with E-state index in [-0.39, 0.29) is 18.6 Å². The van der Waals surface area contributed by atoms with Crippen LogP contribution in [0.4, 0.5) is 0 Å². The Hall–Kier alpha value is -1.17. The minimum absolute atomic E-state index is 0.0413. The molecule has 0 aromatic carbocycles. The Morgan fingerprint density at radius 3 is 2.47 bits per heavy atom. The zero-order valence-corrected chi connectivity index (χ0v) is 11.9. The van der Waals surface area contributed by atoms with Crippen molar-refractivity contribution >= 4 is 16.0 Å². The van der Waals surface area contributed by atoms with Crippen LogP contribution in [0.5, 0.6) is 0 Å². The Balaban J connectivity index is 2.38. The quantitative estimate of drug-likeness (QED) is 0.479. The number of nitrogens with zero attached hydrogens (tertiary/aromatic N) is 3. The first-order chi connectivity index (χ1) is 8.99. The average Bonchev–Trinajstić information content (AvgIpc) is 2.39. The van der Waals surface area contributed by atoms with Crippen molar-refractivity contribution in [1.29, 1.82) is 5.26 Å². The minimum atomic E-state index is -3.31. The average molecular weight is 289 g/mol. The van der Waals surface area contributed by atoms with Gasteiger partial charge in [-0.15, -0.1) is 0 Å². The van der Waals surface area contributed by atoms with E-state index in [2.05, 4.69) is 10.8 Å². The number of esters is 1. The number of piperazine rings is 1. The molecule has 1 aliphatic heterocycles. The fraction of sp³-hybridized carbons (Fsp3) is 0.818. The van der Waals surface area contributed by atoms with Gasteiger partial charge in [0.25, 0.3) is 0 Å². The van der Waals surface area contributed by atoms with Crippen LogP contribution in [-0.2, 0) is 19.6 Å². The number of hydrogen-bond donors (Lipinski definition) is 0. The molecule has 0 spiro atoms. The van der Waals surface area contributed by atoms with Crippen LogP contribution in [0.1, 0.15) is 12.8 Å². The summed E-state index contributed by atoms with van der Waals surface area (Å²) in [7, 11) is -2.03. The van der Waals surface area contributed by atoms with Crippen LogP contribution < -0.4 is 0 Å². The van der Waals surface area contributed by atoms with Gasteiger partial charge in [0.1, 0.15) is 0 Å². The number of rotatable bonds is 6. The number of ether oxygens (including phenoxy) is 1. The summed E-state index contributed by atoms with van der Waals surface area (Å²) in [5.74, 6) is -0.436. The second kappa shape index (κ2) is 7.43. The first-order valence-corrected chi connectivity index (χ1v) is 7.74. The number of carbonyl (C=O) groups is 1. The molecule has 1 saturated heterocycles. The lowest BCUT2D eigenvalue weighted by molar-refractivity contribution is -0.140. The van der Waals surface area contributed by atoms with Crippen LogP contribution >= 0.6 is 0 Å². The molecular formula is C11H19N3O4S. The predicted octanol–water partition coefficient (Wildman–Crippen LogP) is -0.589. The third-order valence-electron chi connectivity index (χ3n) is 3.03. The summed E-state index contributed by atoms with van der Waals surface area (Å²) < 4.78 is 29.9. The van der Waals surface area contributed by atoms with Crippen LogP contribution in [0.2, 0.25) is 0 Å². The number of carbonyl (C=O) groups excluding carboxylic acids is 1. The molecule has 0 radical (unpaired) electrons. The van der Waals surface area contributed by atoms with Gasteiger partial charge in [-0.1, -0.05) is 0 Å². The molecule has 108 valence electrons. The molecule has 1 aliphatic rings. The molecule has 0 unspecified atom stereocenters. The molecule has 0 N–H and O–H groups in total. The van der Waals surface area contributed by atoms with Crippen molar-refractivity contribution in [1.82, 2.24) is 9.21 Å². The van der Waals surface area contributed by atoms with E-state index in [4.69, 9.17) is 5.26 Å². The summed E-state index contributed by atoms with van der Waals surface area (Å²) in [4.78, 5) is 12.8. The number of hydrogen-bond acceptors (Lipinski definition) is 6. The number of methoxy groups -OCH3 is 1. The lowest BCUT2D eigenvalue weighted by Crippen LogP contribution is -2.49. The Morgan fingerprint density at radius 2 is 1.95 bits per heavy atom. The van der Waals surface area contributed by atoms with Gasteiger partial charge in [0.15, 0.2) is 0 Å². The van der Waals surface area contributed by atoms with Crippen molar-refractivity contribution < 1.29 is 17.9 Å². The fourth-order valence-electron chi connectivity index (χ4n) is 1.90. The van der Waals surface area contributed by atoms with Gasteiger partial charge in [-0.2, -0.15) is 9.57 Å². The molecule has 1 heterocycles. The third-order valence-corrected chi connectivity index (χ3v) is 4.99. The van der Waals surface area contributed by atoms with Gasteiger partial charge >= 0.3 is 5.97 Å². The predicted molar refractivity (Wildman–Crippen MR) is 68.7 cm³/mol. The van der Waals surface area contributed by atoms with Crippen molar-refractivity contribution in [2.45, 2.75) is 12.8 Å². The minimum Gasteiger partial charge on any atom is -0.469 e. The molecule has 0 aromatic heterocycles. The summed E-state index contributed by atoms with van der Waals surface area (Å²) in [5, 5.41) is 8.57. The molecule has 0 aromatic rings. The van der Waals surface area contributed by atoms with E-state index in [1.807, 2.05) is 4.90 Å². The maximum absolute atomic E-state index is 12.0. The Bertz CT molecular complexity index is 435. The molecule has 1 rings (SSSR count). The zero-order valence-electron chi connectivity index (χ0n) is 11.0. The second-order valence-electron chi connectivity index (χ2n) is 4.33. The lowest BCUT2D eigenvalue weighted by atomic mass is 10.3. The molecular weight excluding hydrogens is 270 g/mol. The van der Waals surface area contributed by atoms with Crippen molar-refractivity contribution in [3.63, 3.8) is 0 Å². The number of sulfonamides is 1. The summed E-state index contributed by atoms with van der Waals surface area (Å²) in [6.07, 6.45) is 0.386. The van der Waals surface area contributed by atoms with Crippen LogP contribution in [-0.4, -0.2) is 69.2 Å². The van der Waals surface area contributed by atoms with Crippen LogP contribution in [0, 0.1) is 11.3 Å². The van der Waals surface area contributed by atoms with Gasteiger partial charge in [-0.3, -0.25) is 9.69 Å². The van der Waals surface area contributed by atoms with Gasteiger partial charge in [-0.05, 0) is 6.42 Å². The first kappa shape index (κ1) is 15.9. The van der Waals surface area contributed by atoms with Crippen LogP contribution in [0.15, 0.2) is 0 Å². The summed E-state index contributed by atoms with van der Waals surface area (Å²) in [6.45, 7) is 2.29. The molecule has 7 nitrogen and oxygen atoms in total. The normalized spacial score (nSPS) is 17.9. The van der Waals surface area contributed by atoms with E-state index in [0.29, 0.717) is 32.7 Å². The van der Waals surface area contributed by atoms with Crippen LogP contribution in [0.25, 0.3) is 0 Å². The molecule has 1 fully saturated rings. The van der Waals surface area contributed by atoms with Crippen molar-refractivity contribution in [3.05, 3.63) is 0 Å². The van der Waals surface area contributed by atoms with Crippen molar-refractivity contribution in [2.24, 2.45) is 0 Å². The lowest BCUT2D eigenvalue weighted by Gasteiger charge is -2.32. The summed E-state index contributed by atoms with van der Waals surface area (Å²) in [6, 6.07) is 2.05. The van der Waals surface area contributed by atoms with Gasteiger partial charge in [0, 0.05) is 32.6 Å². The highest BCUT2D eigenvalue weighted by Crippen LogP contribution is 2.09. The fourth-order valence-corrected chi connectivity index (χ4v) is 3.38. The van der Waals surface area contributed by atoms with E-state index >= 15 is 0 Å². The Morgan fingerprint density at radius 1 is 1.32 bits per heavy atom. The molecule has 0 atom stereocenters. The van der Waals surface area contributed by atoms with Crippen LogP contribution in [0.3, 0.4) is 0 Å². The molecule has 19 heavy (non-hydrogen) atoms. The van der Waals surface area contributed by atoms with Crippen molar-refractivity contribution in [2.75, 3.05) is 45.6 Å². The van der Waals surface area contributed by atoms with Gasteiger partial charge < -0.3 is 4.74 Å². The topological polar surface area (TPSA) is 90.7 Å². The smallest absolute Gasteiger partial charge is 0.305 e. The maximum atomic E-state index is 12.0. The van der Waals surface area contributed by atoms with Gasteiger partial charge in [0.2, 0.25) is 10.0 Å². The third kappa shape index (κ3) is 5.14. The van der Waals surface area contributed by atoms with E-state index in [1.54, 1.807) is 0 Å². The highest BCUT2D eigenvalue weighted by molar-refractivity contribution is 7.89. The molecule has 0 bridgehead atoms. The number of nitriles is 1.